The van der Waals surface area contributed by atoms with Crippen molar-refractivity contribution >= 4 is 67.0 Å². The molecule has 7 heteroatoms. The highest BCUT2D eigenvalue weighted by molar-refractivity contribution is 7.80. The van der Waals surface area contributed by atoms with Crippen LogP contribution < -0.4 is 10.6 Å². The van der Waals surface area contributed by atoms with Gasteiger partial charge in [-0.1, -0.05) is 35.1 Å². The molecule has 3 rings (SSSR count). The Morgan fingerprint density at radius 1 is 1.27 bits per heavy atom. The van der Waals surface area contributed by atoms with Crippen LogP contribution in [-0.2, 0) is 6.42 Å². The Labute approximate surface area is 147 Å². The Hall–Kier alpha value is -1.21. The molecule has 0 amide bonds. The maximum absolute atomic E-state index is 5.91. The molecule has 1 aromatic carbocycles. The first kappa shape index (κ1) is 15.7. The number of hydrogen-bond donors (Lipinski definition) is 2. The van der Waals surface area contributed by atoms with E-state index in [1.807, 2.05) is 18.2 Å². The van der Waals surface area contributed by atoms with Gasteiger partial charge in [0.1, 0.15) is 0 Å². The number of nitrogens with one attached hydrogen (secondary N) is 2. The van der Waals surface area contributed by atoms with Gasteiger partial charge in [0.15, 0.2) is 10.2 Å². The Morgan fingerprint density at radius 2 is 2.14 bits per heavy atom. The number of hydrogen-bond acceptors (Lipinski definition) is 4. The molecule has 0 aliphatic carbocycles. The van der Waals surface area contributed by atoms with E-state index < -0.39 is 0 Å². The van der Waals surface area contributed by atoms with Crippen LogP contribution in [0.1, 0.15) is 10.4 Å². The summed E-state index contributed by atoms with van der Waals surface area (Å²) in [4.78, 5) is 5.83. The first-order valence-corrected chi connectivity index (χ1v) is 9.19. The fraction of sp³-hybridized carbons (Fsp3) is 0.200. The van der Waals surface area contributed by atoms with Gasteiger partial charge in [0, 0.05) is 11.4 Å². The van der Waals surface area contributed by atoms with Gasteiger partial charge >= 0.3 is 0 Å². The first-order chi connectivity index (χ1) is 10.6. The highest BCUT2D eigenvalue weighted by atomic mass is 35.5. The van der Waals surface area contributed by atoms with Gasteiger partial charge in [-0.3, -0.25) is 0 Å². The minimum Gasteiger partial charge on any atom is -0.362 e. The molecule has 2 heterocycles. The van der Waals surface area contributed by atoms with E-state index in [-0.39, 0.29) is 0 Å². The zero-order valence-corrected chi connectivity index (χ0v) is 15.1. The third kappa shape index (κ3) is 3.76. The maximum Gasteiger partial charge on any atom is 0.190 e. The van der Waals surface area contributed by atoms with E-state index in [0.29, 0.717) is 5.11 Å². The Kier molecular flexibility index (Phi) is 4.93. The van der Waals surface area contributed by atoms with E-state index in [0.717, 1.165) is 28.0 Å². The summed E-state index contributed by atoms with van der Waals surface area (Å²) in [5.41, 5.74) is 2.21. The van der Waals surface area contributed by atoms with Gasteiger partial charge in [-0.2, -0.15) is 0 Å². The standard InChI is InChI=1S/C15H14ClN3S3/c1-9-3-2-4-11-13(9)18-15(22-11)19-14(20)17-8-7-10-5-6-12(16)21-10/h2-6H,7-8H2,1H3,(H2,17,18,19,20). The van der Waals surface area contributed by atoms with Crippen molar-refractivity contribution < 1.29 is 0 Å². The van der Waals surface area contributed by atoms with Crippen LogP contribution in [0.25, 0.3) is 10.2 Å². The van der Waals surface area contributed by atoms with Crippen LogP contribution in [0.4, 0.5) is 5.13 Å². The third-order valence-corrected chi connectivity index (χ3v) is 5.60. The lowest BCUT2D eigenvalue weighted by molar-refractivity contribution is 0.885. The van der Waals surface area contributed by atoms with Crippen molar-refractivity contribution in [3.05, 3.63) is 45.1 Å². The van der Waals surface area contributed by atoms with Crippen LogP contribution in [0, 0.1) is 6.92 Å². The molecule has 0 aliphatic heterocycles. The molecule has 0 unspecified atom stereocenters. The second-order valence-corrected chi connectivity index (χ2v) is 8.02. The van der Waals surface area contributed by atoms with Gasteiger partial charge in [-0.05, 0) is 49.3 Å². The van der Waals surface area contributed by atoms with Crippen molar-refractivity contribution in [3.63, 3.8) is 0 Å². The monoisotopic (exact) mass is 367 g/mol. The number of thiazole rings is 1. The number of rotatable bonds is 4. The number of nitrogens with zero attached hydrogens (tertiary/aromatic N) is 1. The lowest BCUT2D eigenvalue weighted by Gasteiger charge is -2.07. The minimum atomic E-state index is 0.597. The largest absolute Gasteiger partial charge is 0.362 e. The molecule has 0 saturated carbocycles. The van der Waals surface area contributed by atoms with Gasteiger partial charge < -0.3 is 10.6 Å². The summed E-state index contributed by atoms with van der Waals surface area (Å²) in [7, 11) is 0. The van der Waals surface area contributed by atoms with Crippen molar-refractivity contribution in [2.75, 3.05) is 11.9 Å². The van der Waals surface area contributed by atoms with Crippen molar-refractivity contribution in [2.45, 2.75) is 13.3 Å². The van der Waals surface area contributed by atoms with Crippen LogP contribution in [0.15, 0.2) is 30.3 Å². The number of halogens is 1. The normalized spacial score (nSPS) is 10.8. The van der Waals surface area contributed by atoms with E-state index in [1.54, 1.807) is 22.7 Å². The van der Waals surface area contributed by atoms with Crippen molar-refractivity contribution in [2.24, 2.45) is 0 Å². The number of fused-ring (bicyclic) bond motifs is 1. The Morgan fingerprint density at radius 3 is 2.86 bits per heavy atom. The fourth-order valence-corrected chi connectivity index (χ4v) is 4.36. The van der Waals surface area contributed by atoms with Crippen LogP contribution in [0.3, 0.4) is 0 Å². The average Bonchev–Trinajstić information content (AvgIpc) is 3.06. The summed E-state index contributed by atoms with van der Waals surface area (Å²) in [5, 5.41) is 7.77. The molecule has 22 heavy (non-hydrogen) atoms. The number of thiophene rings is 1. The average molecular weight is 368 g/mol. The molecule has 2 N–H and O–H groups in total. The van der Waals surface area contributed by atoms with Crippen LogP contribution >= 0.6 is 46.5 Å². The zero-order valence-electron chi connectivity index (χ0n) is 11.9. The third-order valence-electron chi connectivity index (χ3n) is 3.13. The molecule has 3 nitrogen and oxygen atoms in total. The van der Waals surface area contributed by atoms with Crippen molar-refractivity contribution in [1.82, 2.24) is 10.3 Å². The number of aromatic nitrogens is 1. The summed E-state index contributed by atoms with van der Waals surface area (Å²) >= 11 is 14.4. The highest BCUT2D eigenvalue weighted by Gasteiger charge is 2.07. The second-order valence-electron chi connectivity index (χ2n) is 4.78. The van der Waals surface area contributed by atoms with E-state index >= 15 is 0 Å². The lowest BCUT2D eigenvalue weighted by atomic mass is 10.2. The molecule has 3 aromatic rings. The predicted molar refractivity (Wildman–Crippen MR) is 102 cm³/mol. The molecule has 0 bridgehead atoms. The summed E-state index contributed by atoms with van der Waals surface area (Å²) in [6, 6.07) is 10.1. The predicted octanol–water partition coefficient (Wildman–Crippen LogP) is 4.85. The minimum absolute atomic E-state index is 0.597. The van der Waals surface area contributed by atoms with E-state index in [4.69, 9.17) is 23.8 Å². The number of benzene rings is 1. The topological polar surface area (TPSA) is 37.0 Å². The summed E-state index contributed by atoms with van der Waals surface area (Å²) in [6.45, 7) is 2.83. The van der Waals surface area contributed by atoms with E-state index in [2.05, 4.69) is 34.7 Å². The number of thiocarbonyl (C=S) groups is 1. The summed E-state index contributed by atoms with van der Waals surface area (Å²) in [5.74, 6) is 0. The van der Waals surface area contributed by atoms with Crippen LogP contribution in [-0.4, -0.2) is 16.6 Å². The SMILES string of the molecule is Cc1cccc2sc(NC(=S)NCCc3ccc(Cl)s3)nc12. The van der Waals surface area contributed by atoms with Crippen LogP contribution in [0.2, 0.25) is 4.34 Å². The van der Waals surface area contributed by atoms with Gasteiger partial charge in [-0.15, -0.1) is 11.3 Å². The van der Waals surface area contributed by atoms with E-state index in [9.17, 15) is 0 Å². The molecule has 0 fully saturated rings. The molecule has 0 aliphatic rings. The summed E-state index contributed by atoms with van der Waals surface area (Å²) in [6.07, 6.45) is 0.901. The molecule has 0 saturated heterocycles. The number of aryl methyl sites for hydroxylation is 1. The second kappa shape index (κ2) is 6.91. The lowest BCUT2D eigenvalue weighted by Crippen LogP contribution is -2.29. The number of para-hydroxylation sites is 1. The van der Waals surface area contributed by atoms with Crippen molar-refractivity contribution in [3.8, 4) is 0 Å². The van der Waals surface area contributed by atoms with Gasteiger partial charge in [0.2, 0.25) is 0 Å². The highest BCUT2D eigenvalue weighted by Crippen LogP contribution is 2.27. The van der Waals surface area contributed by atoms with Gasteiger partial charge in [0.25, 0.3) is 0 Å². The van der Waals surface area contributed by atoms with Crippen LogP contribution in [0.5, 0.6) is 0 Å². The molecule has 2 aromatic heterocycles. The van der Waals surface area contributed by atoms with Gasteiger partial charge in [0.05, 0.1) is 14.6 Å². The number of anilines is 1. The fourth-order valence-electron chi connectivity index (χ4n) is 2.07. The Balaban J connectivity index is 1.55. The smallest absolute Gasteiger partial charge is 0.190 e. The molecule has 0 spiro atoms. The maximum atomic E-state index is 5.91. The zero-order chi connectivity index (χ0) is 15.5. The Bertz CT molecular complexity index is 809. The first-order valence-electron chi connectivity index (χ1n) is 6.77. The van der Waals surface area contributed by atoms with E-state index in [1.165, 1.54) is 15.1 Å². The van der Waals surface area contributed by atoms with Crippen molar-refractivity contribution in [1.29, 1.82) is 0 Å². The quantitative estimate of drug-likeness (QED) is 0.646. The molecule has 0 radical (unpaired) electrons. The molecular formula is C15H14ClN3S3. The molecule has 114 valence electrons. The van der Waals surface area contributed by atoms with Gasteiger partial charge in [-0.25, -0.2) is 4.98 Å². The molecular weight excluding hydrogens is 354 g/mol. The summed E-state index contributed by atoms with van der Waals surface area (Å²) < 4.78 is 1.99. The molecule has 0 atom stereocenters.